The van der Waals surface area contributed by atoms with Gasteiger partial charge in [0.25, 0.3) is 0 Å². The van der Waals surface area contributed by atoms with Crippen molar-refractivity contribution >= 4 is 5.78 Å². The Morgan fingerprint density at radius 3 is 2.89 bits per heavy atom. The van der Waals surface area contributed by atoms with Gasteiger partial charge in [-0.3, -0.25) is 9.69 Å². The molecule has 1 aromatic carbocycles. The van der Waals surface area contributed by atoms with E-state index < -0.39 is 5.82 Å². The number of carbonyl (C=O) groups is 1. The van der Waals surface area contributed by atoms with Crippen molar-refractivity contribution in [2.24, 2.45) is 0 Å². The van der Waals surface area contributed by atoms with Crippen LogP contribution >= 0.6 is 0 Å². The molecule has 0 radical (unpaired) electrons. The minimum absolute atomic E-state index is 0.0544. The number of hydrogen-bond donors (Lipinski definition) is 0. The molecular formula is C15H20FNO. The number of benzene rings is 1. The maximum absolute atomic E-state index is 13.7. The van der Waals surface area contributed by atoms with Crippen molar-refractivity contribution in [1.82, 2.24) is 4.90 Å². The van der Waals surface area contributed by atoms with Gasteiger partial charge in [-0.25, -0.2) is 4.39 Å². The summed E-state index contributed by atoms with van der Waals surface area (Å²) < 4.78 is 13.7. The maximum Gasteiger partial charge on any atom is 0.182 e. The lowest BCUT2D eigenvalue weighted by molar-refractivity contribution is 0.0742. The highest BCUT2D eigenvalue weighted by Crippen LogP contribution is 2.22. The lowest BCUT2D eigenvalue weighted by Crippen LogP contribution is -2.45. The van der Waals surface area contributed by atoms with Crippen LogP contribution in [0, 0.1) is 5.82 Å². The van der Waals surface area contributed by atoms with Crippen LogP contribution in [-0.2, 0) is 0 Å². The van der Waals surface area contributed by atoms with Crippen molar-refractivity contribution < 1.29 is 9.18 Å². The van der Waals surface area contributed by atoms with Crippen LogP contribution in [0.25, 0.3) is 0 Å². The number of likely N-dealkylation sites (tertiary alicyclic amines) is 1. The van der Waals surface area contributed by atoms with Gasteiger partial charge in [0.05, 0.1) is 11.6 Å². The highest BCUT2D eigenvalue weighted by Gasteiger charge is 2.29. The van der Waals surface area contributed by atoms with E-state index in [9.17, 15) is 9.18 Å². The van der Waals surface area contributed by atoms with Crippen LogP contribution in [0.4, 0.5) is 4.39 Å². The van der Waals surface area contributed by atoms with Gasteiger partial charge < -0.3 is 0 Å². The molecule has 2 rings (SSSR count). The Hall–Kier alpha value is -1.22. The van der Waals surface area contributed by atoms with Gasteiger partial charge in [-0.05, 0) is 44.5 Å². The third-order valence-corrected chi connectivity index (χ3v) is 3.57. The third-order valence-electron chi connectivity index (χ3n) is 3.57. The van der Waals surface area contributed by atoms with Crippen molar-refractivity contribution in [2.45, 2.75) is 38.6 Å². The number of piperidine rings is 1. The summed E-state index contributed by atoms with van der Waals surface area (Å²) in [7, 11) is 0. The van der Waals surface area contributed by atoms with Crippen LogP contribution in [0.5, 0.6) is 0 Å². The van der Waals surface area contributed by atoms with E-state index in [1.54, 1.807) is 18.2 Å². The van der Waals surface area contributed by atoms with Crippen LogP contribution < -0.4 is 0 Å². The topological polar surface area (TPSA) is 20.3 Å². The normalized spacial score (nSPS) is 20.9. The van der Waals surface area contributed by atoms with Crippen LogP contribution in [0.15, 0.2) is 24.3 Å². The molecule has 0 amide bonds. The molecule has 0 N–H and O–H groups in total. The highest BCUT2D eigenvalue weighted by atomic mass is 19.1. The monoisotopic (exact) mass is 249 g/mol. The zero-order valence-electron chi connectivity index (χ0n) is 10.9. The molecule has 3 heteroatoms. The Morgan fingerprint density at radius 2 is 2.17 bits per heavy atom. The fraction of sp³-hybridized carbons (Fsp3) is 0.533. The minimum atomic E-state index is -0.399. The molecule has 1 aliphatic rings. The van der Waals surface area contributed by atoms with Gasteiger partial charge in [0.1, 0.15) is 5.82 Å². The molecule has 0 aliphatic carbocycles. The maximum atomic E-state index is 13.7. The molecule has 0 bridgehead atoms. The first-order valence-corrected chi connectivity index (χ1v) is 6.77. The third kappa shape index (κ3) is 2.78. The molecule has 1 aliphatic heterocycles. The number of nitrogens with zero attached hydrogens (tertiary/aromatic N) is 1. The Balaban J connectivity index is 2.18. The first-order chi connectivity index (χ1) is 8.74. The summed E-state index contributed by atoms with van der Waals surface area (Å²) in [6.07, 6.45) is 4.08. The van der Waals surface area contributed by atoms with Crippen molar-refractivity contribution in [3.8, 4) is 0 Å². The summed E-state index contributed by atoms with van der Waals surface area (Å²) in [6.45, 7) is 3.99. The highest BCUT2D eigenvalue weighted by molar-refractivity contribution is 6.00. The van der Waals surface area contributed by atoms with Gasteiger partial charge in [-0.1, -0.05) is 25.5 Å². The predicted molar refractivity (Wildman–Crippen MR) is 70.2 cm³/mol. The van der Waals surface area contributed by atoms with E-state index in [-0.39, 0.29) is 17.4 Å². The van der Waals surface area contributed by atoms with Gasteiger partial charge in [-0.15, -0.1) is 0 Å². The zero-order chi connectivity index (χ0) is 13.0. The standard InChI is InChI=1S/C15H20FNO/c1-2-10-17-11-6-5-9-14(17)15(18)12-7-3-4-8-13(12)16/h3-4,7-8,14H,2,5-6,9-11H2,1H3. The lowest BCUT2D eigenvalue weighted by atomic mass is 9.94. The number of carbonyl (C=O) groups excluding carboxylic acids is 1. The van der Waals surface area contributed by atoms with Gasteiger partial charge in [-0.2, -0.15) is 0 Å². The molecule has 98 valence electrons. The summed E-state index contributed by atoms with van der Waals surface area (Å²) >= 11 is 0. The first-order valence-electron chi connectivity index (χ1n) is 6.77. The molecule has 0 saturated carbocycles. The molecule has 0 aromatic heterocycles. The minimum Gasteiger partial charge on any atom is -0.293 e. The van der Waals surface area contributed by atoms with Crippen LogP contribution in [0.3, 0.4) is 0 Å². The first kappa shape index (κ1) is 13.2. The summed E-state index contributed by atoms with van der Waals surface area (Å²) in [6, 6.07) is 6.17. The number of ketones is 1. The summed E-state index contributed by atoms with van der Waals surface area (Å²) in [5.41, 5.74) is 0.241. The van der Waals surface area contributed by atoms with Crippen LogP contribution in [-0.4, -0.2) is 29.8 Å². The summed E-state index contributed by atoms with van der Waals surface area (Å²) in [4.78, 5) is 14.6. The molecule has 2 nitrogen and oxygen atoms in total. The Labute approximate surface area is 108 Å². The second-order valence-electron chi connectivity index (χ2n) is 4.89. The second-order valence-corrected chi connectivity index (χ2v) is 4.89. The lowest BCUT2D eigenvalue weighted by Gasteiger charge is -2.34. The SMILES string of the molecule is CCCN1CCCCC1C(=O)c1ccccc1F. The summed E-state index contributed by atoms with van der Waals surface area (Å²) in [5, 5.41) is 0. The van der Waals surface area contributed by atoms with Crippen molar-refractivity contribution in [3.63, 3.8) is 0 Å². The second kappa shape index (κ2) is 6.10. The Kier molecular flexibility index (Phi) is 4.48. The van der Waals surface area contributed by atoms with Crippen molar-refractivity contribution in [3.05, 3.63) is 35.6 Å². The predicted octanol–water partition coefficient (Wildman–Crippen LogP) is 3.27. The number of halogens is 1. The molecule has 1 atom stereocenters. The van der Waals surface area contributed by atoms with Crippen molar-refractivity contribution in [2.75, 3.05) is 13.1 Å². The van der Waals surface area contributed by atoms with E-state index in [0.29, 0.717) is 0 Å². The largest absolute Gasteiger partial charge is 0.293 e. The van der Waals surface area contributed by atoms with E-state index in [0.717, 1.165) is 38.8 Å². The number of rotatable bonds is 4. The fourth-order valence-corrected chi connectivity index (χ4v) is 2.68. The summed E-state index contributed by atoms with van der Waals surface area (Å²) in [5.74, 6) is -0.453. The van der Waals surface area contributed by atoms with Gasteiger partial charge in [0, 0.05) is 0 Å². The molecule has 1 aromatic rings. The van der Waals surface area contributed by atoms with Gasteiger partial charge in [0.2, 0.25) is 0 Å². The van der Waals surface area contributed by atoms with Crippen LogP contribution in [0.1, 0.15) is 43.0 Å². The van der Waals surface area contributed by atoms with E-state index in [2.05, 4.69) is 11.8 Å². The van der Waals surface area contributed by atoms with Gasteiger partial charge in [0.15, 0.2) is 5.78 Å². The molecule has 1 heterocycles. The Bertz CT molecular complexity index is 417. The zero-order valence-corrected chi connectivity index (χ0v) is 10.9. The van der Waals surface area contributed by atoms with E-state index in [1.807, 2.05) is 0 Å². The average Bonchev–Trinajstić information content (AvgIpc) is 2.40. The van der Waals surface area contributed by atoms with Crippen LogP contribution in [0.2, 0.25) is 0 Å². The smallest absolute Gasteiger partial charge is 0.182 e. The number of hydrogen-bond acceptors (Lipinski definition) is 2. The van der Waals surface area contributed by atoms with E-state index in [1.165, 1.54) is 6.07 Å². The van der Waals surface area contributed by atoms with E-state index >= 15 is 0 Å². The molecule has 1 saturated heterocycles. The average molecular weight is 249 g/mol. The van der Waals surface area contributed by atoms with E-state index in [4.69, 9.17) is 0 Å². The van der Waals surface area contributed by atoms with Crippen molar-refractivity contribution in [1.29, 1.82) is 0 Å². The molecule has 1 unspecified atom stereocenters. The van der Waals surface area contributed by atoms with Gasteiger partial charge >= 0.3 is 0 Å². The molecule has 18 heavy (non-hydrogen) atoms. The quantitative estimate of drug-likeness (QED) is 0.763. The fourth-order valence-electron chi connectivity index (χ4n) is 2.68. The molecule has 0 spiro atoms. The number of Topliss-reactive ketones (excluding diaryl/α,β-unsaturated/α-hetero) is 1. The molecule has 1 fully saturated rings. The Morgan fingerprint density at radius 1 is 1.39 bits per heavy atom. The molecular weight excluding hydrogens is 229 g/mol.